The third-order valence-corrected chi connectivity index (χ3v) is 7.05. The Labute approximate surface area is 232 Å². The second-order valence-corrected chi connectivity index (χ2v) is 9.51. The lowest BCUT2D eigenvalue weighted by Crippen LogP contribution is -2.48. The Morgan fingerprint density at radius 2 is 1.52 bits per heavy atom. The van der Waals surface area contributed by atoms with Gasteiger partial charge in [-0.3, -0.25) is 4.79 Å². The summed E-state index contributed by atoms with van der Waals surface area (Å²) in [6, 6.07) is 20.0. The van der Waals surface area contributed by atoms with E-state index in [2.05, 4.69) is 0 Å². The third kappa shape index (κ3) is 6.19. The van der Waals surface area contributed by atoms with E-state index in [-0.39, 0.29) is 30.2 Å². The average molecular weight is 554 g/mol. The highest BCUT2D eigenvalue weighted by molar-refractivity contribution is 5.90. The number of aryl methyl sites for hydroxylation is 1. The summed E-state index contributed by atoms with van der Waals surface area (Å²) in [7, 11) is 3.95. The minimum absolute atomic E-state index is 0.00849. The van der Waals surface area contributed by atoms with E-state index in [0.29, 0.717) is 19.3 Å². The number of nitrogens with zero attached hydrogens (tertiary/aromatic N) is 1. The molecule has 0 N–H and O–H groups in total. The number of likely N-dealkylation sites (tertiary alicyclic amines) is 1. The van der Waals surface area contributed by atoms with Crippen LogP contribution in [0.5, 0.6) is 17.2 Å². The molecule has 1 aliphatic heterocycles. The number of carbonyl (C=O) groups is 2. The van der Waals surface area contributed by atoms with Crippen molar-refractivity contribution in [3.8, 4) is 17.2 Å². The maximum Gasteiger partial charge on any atom is 0.350 e. The Balaban J connectivity index is 1.54. The van der Waals surface area contributed by atoms with Gasteiger partial charge in [0.05, 0.1) is 21.3 Å². The highest BCUT2D eigenvalue weighted by atomic mass is 19.3. The molecule has 1 amide bonds. The van der Waals surface area contributed by atoms with Gasteiger partial charge in [-0.05, 0) is 48.9 Å². The number of methoxy groups -OCH3 is 3. The van der Waals surface area contributed by atoms with Crippen molar-refractivity contribution in [2.24, 2.45) is 0 Å². The first-order valence-corrected chi connectivity index (χ1v) is 13.1. The van der Waals surface area contributed by atoms with Crippen LogP contribution in [-0.4, -0.2) is 50.7 Å². The van der Waals surface area contributed by atoms with Crippen LogP contribution in [0.3, 0.4) is 0 Å². The summed E-state index contributed by atoms with van der Waals surface area (Å²) in [5.74, 6) is -6.03. The van der Waals surface area contributed by atoms with Crippen molar-refractivity contribution >= 4 is 11.9 Å². The Bertz CT molecular complexity index is 1280. The Hall–Kier alpha value is -4.14. The molecule has 1 heterocycles. The number of halogens is 2. The van der Waals surface area contributed by atoms with Crippen LogP contribution in [0.4, 0.5) is 8.78 Å². The van der Waals surface area contributed by atoms with Gasteiger partial charge in [0.15, 0.2) is 11.5 Å². The molecule has 0 bridgehead atoms. The van der Waals surface area contributed by atoms with Gasteiger partial charge in [-0.15, -0.1) is 0 Å². The molecule has 1 unspecified atom stereocenters. The van der Waals surface area contributed by atoms with Crippen molar-refractivity contribution < 1.29 is 37.3 Å². The van der Waals surface area contributed by atoms with Gasteiger partial charge in [-0.2, -0.15) is 8.78 Å². The van der Waals surface area contributed by atoms with E-state index in [0.717, 1.165) is 28.2 Å². The largest absolute Gasteiger partial charge is 0.493 e. The number of hydrogen-bond donors (Lipinski definition) is 0. The van der Waals surface area contributed by atoms with Gasteiger partial charge >= 0.3 is 11.9 Å². The summed E-state index contributed by atoms with van der Waals surface area (Å²) >= 11 is 0. The van der Waals surface area contributed by atoms with Gasteiger partial charge in [0.2, 0.25) is 5.75 Å². The number of esters is 1. The molecule has 0 saturated carbocycles. The van der Waals surface area contributed by atoms with Crippen molar-refractivity contribution in [3.63, 3.8) is 0 Å². The van der Waals surface area contributed by atoms with E-state index in [1.165, 1.54) is 21.3 Å². The van der Waals surface area contributed by atoms with E-state index in [4.69, 9.17) is 18.9 Å². The molecular formula is C31H33F2NO6. The summed E-state index contributed by atoms with van der Waals surface area (Å²) in [5, 5.41) is 0. The monoisotopic (exact) mass is 553 g/mol. The Morgan fingerprint density at radius 1 is 0.925 bits per heavy atom. The van der Waals surface area contributed by atoms with Crippen molar-refractivity contribution in [3.05, 3.63) is 89.5 Å². The molecule has 3 aromatic rings. The molecule has 40 heavy (non-hydrogen) atoms. The molecule has 212 valence electrons. The zero-order valence-electron chi connectivity index (χ0n) is 22.8. The van der Waals surface area contributed by atoms with Crippen LogP contribution in [0, 0.1) is 0 Å². The molecule has 4 rings (SSSR count). The molecule has 0 aliphatic carbocycles. The van der Waals surface area contributed by atoms with Crippen molar-refractivity contribution in [1.29, 1.82) is 0 Å². The van der Waals surface area contributed by atoms with Gasteiger partial charge in [-0.25, -0.2) is 4.79 Å². The minimum atomic E-state index is -3.96. The average Bonchev–Trinajstić information content (AvgIpc) is 3.49. The first kappa shape index (κ1) is 28.9. The summed E-state index contributed by atoms with van der Waals surface area (Å²) in [6.45, 7) is 0.0125. The maximum absolute atomic E-state index is 15.6. The van der Waals surface area contributed by atoms with Gasteiger partial charge in [0.25, 0.3) is 5.91 Å². The van der Waals surface area contributed by atoms with Crippen LogP contribution in [0.2, 0.25) is 0 Å². The van der Waals surface area contributed by atoms with Gasteiger partial charge in [-0.1, -0.05) is 60.7 Å². The Morgan fingerprint density at radius 3 is 2.10 bits per heavy atom. The zero-order chi connectivity index (χ0) is 28.7. The molecule has 1 fully saturated rings. The standard InChI is InChI=1S/C31H33F2NO6/c1-37-26-19-23(20-27(38-2)28(26)39-3)31(32,33)30(36)34-18-10-15-24(34)29(35)40-25(22-13-8-5-9-14-22)17-16-21-11-6-4-7-12-21/h4-9,11-14,19-20,24-25H,10,15-18H2,1-3H3/t24-,25?/m0/s1. The van der Waals surface area contributed by atoms with Crippen LogP contribution in [0.25, 0.3) is 0 Å². The lowest BCUT2D eigenvalue weighted by molar-refractivity contribution is -0.169. The molecule has 7 nitrogen and oxygen atoms in total. The fourth-order valence-corrected chi connectivity index (χ4v) is 4.94. The molecule has 0 spiro atoms. The molecule has 1 saturated heterocycles. The number of rotatable bonds is 11. The Kier molecular flexibility index (Phi) is 9.24. The number of carbonyl (C=O) groups excluding carboxylic acids is 2. The van der Waals surface area contributed by atoms with E-state index in [9.17, 15) is 9.59 Å². The molecule has 0 radical (unpaired) electrons. The second kappa shape index (κ2) is 12.8. The lowest BCUT2D eigenvalue weighted by atomic mass is 10.0. The quantitative estimate of drug-likeness (QED) is 0.283. The number of ether oxygens (including phenoxy) is 4. The fourth-order valence-electron chi connectivity index (χ4n) is 4.94. The van der Waals surface area contributed by atoms with E-state index < -0.39 is 35.5 Å². The molecule has 2 atom stereocenters. The summed E-state index contributed by atoms with van der Waals surface area (Å²) in [6.07, 6.45) is 1.19. The smallest absolute Gasteiger partial charge is 0.350 e. The minimum Gasteiger partial charge on any atom is -0.493 e. The summed E-state index contributed by atoms with van der Waals surface area (Å²) in [5.41, 5.74) is 1.25. The zero-order valence-corrected chi connectivity index (χ0v) is 22.8. The first-order valence-electron chi connectivity index (χ1n) is 13.1. The lowest BCUT2D eigenvalue weighted by Gasteiger charge is -2.29. The number of hydrogen-bond acceptors (Lipinski definition) is 6. The van der Waals surface area contributed by atoms with Crippen molar-refractivity contribution in [2.75, 3.05) is 27.9 Å². The fraction of sp³-hybridized carbons (Fsp3) is 0.355. The number of amides is 1. The summed E-state index contributed by atoms with van der Waals surface area (Å²) < 4.78 is 52.8. The van der Waals surface area contributed by atoms with E-state index in [1.54, 1.807) is 0 Å². The maximum atomic E-state index is 15.6. The van der Waals surface area contributed by atoms with E-state index >= 15 is 8.78 Å². The SMILES string of the molecule is COc1cc(C(F)(F)C(=O)N2CCC[C@H]2C(=O)OC(CCc2ccccc2)c2ccccc2)cc(OC)c1OC. The van der Waals surface area contributed by atoms with Gasteiger partial charge in [0.1, 0.15) is 12.1 Å². The van der Waals surface area contributed by atoms with Crippen molar-refractivity contribution in [2.45, 2.75) is 43.8 Å². The second-order valence-electron chi connectivity index (χ2n) is 9.51. The van der Waals surface area contributed by atoms with Crippen molar-refractivity contribution in [1.82, 2.24) is 4.90 Å². The highest BCUT2D eigenvalue weighted by Gasteiger charge is 2.49. The van der Waals surface area contributed by atoms with Crippen LogP contribution >= 0.6 is 0 Å². The molecule has 3 aromatic carbocycles. The molecule has 9 heteroatoms. The third-order valence-electron chi connectivity index (χ3n) is 7.05. The topological polar surface area (TPSA) is 74.3 Å². The van der Waals surface area contributed by atoms with Crippen LogP contribution in [0.1, 0.15) is 42.1 Å². The first-order chi connectivity index (χ1) is 19.3. The van der Waals surface area contributed by atoms with Crippen LogP contribution in [0.15, 0.2) is 72.8 Å². The van der Waals surface area contributed by atoms with Gasteiger partial charge < -0.3 is 23.8 Å². The van der Waals surface area contributed by atoms with Gasteiger partial charge in [0, 0.05) is 12.1 Å². The highest BCUT2D eigenvalue weighted by Crippen LogP contribution is 2.43. The number of alkyl halides is 2. The predicted octanol–water partition coefficient (Wildman–Crippen LogP) is 5.71. The normalized spacial score (nSPS) is 15.8. The van der Waals surface area contributed by atoms with Crippen LogP contribution in [-0.2, 0) is 26.7 Å². The summed E-state index contributed by atoms with van der Waals surface area (Å²) in [4.78, 5) is 27.6. The molecular weight excluding hydrogens is 520 g/mol. The predicted molar refractivity (Wildman–Crippen MR) is 145 cm³/mol. The molecule has 1 aliphatic rings. The van der Waals surface area contributed by atoms with Crippen LogP contribution < -0.4 is 14.2 Å². The number of benzene rings is 3. The van der Waals surface area contributed by atoms with E-state index in [1.807, 2.05) is 60.7 Å². The molecule has 0 aromatic heterocycles.